The van der Waals surface area contributed by atoms with Gasteiger partial charge in [0.15, 0.2) is 6.10 Å². The van der Waals surface area contributed by atoms with Crippen LogP contribution in [-0.2, 0) is 25.7 Å². The molecule has 6 nitrogen and oxygen atoms in total. The molecule has 3 aliphatic rings. The van der Waals surface area contributed by atoms with Crippen molar-refractivity contribution in [3.63, 3.8) is 0 Å². The molecule has 6 heteroatoms. The minimum Gasteiger partial charge on any atom is -0.469 e. The van der Waals surface area contributed by atoms with Crippen molar-refractivity contribution in [2.45, 2.75) is 57.0 Å². The summed E-state index contributed by atoms with van der Waals surface area (Å²) in [5, 5.41) is 11.6. The van der Waals surface area contributed by atoms with Gasteiger partial charge in [-0.15, -0.1) is 0 Å². The van der Waals surface area contributed by atoms with E-state index in [4.69, 9.17) is 9.47 Å². The molecule has 3 fully saturated rings. The third-order valence-electron chi connectivity index (χ3n) is 7.01. The summed E-state index contributed by atoms with van der Waals surface area (Å²) in [6.45, 7) is 2.56. The Balaban J connectivity index is 1.60. The Morgan fingerprint density at radius 2 is 1.96 bits per heavy atom. The van der Waals surface area contributed by atoms with Crippen LogP contribution in [0, 0.1) is 11.3 Å². The summed E-state index contributed by atoms with van der Waals surface area (Å²) < 4.78 is 11.0. The maximum Gasteiger partial charge on any atom is 0.313 e. The zero-order valence-electron chi connectivity index (χ0n) is 15.9. The van der Waals surface area contributed by atoms with E-state index in [1.54, 1.807) is 4.90 Å². The highest BCUT2D eigenvalue weighted by Crippen LogP contribution is 2.58. The van der Waals surface area contributed by atoms with E-state index < -0.39 is 29.0 Å². The Kier molecular flexibility index (Phi) is 4.51. The van der Waals surface area contributed by atoms with Crippen LogP contribution in [0.2, 0.25) is 0 Å². The number of esters is 1. The number of aliphatic hydroxyl groups is 1. The Hall–Kier alpha value is -1.92. The van der Waals surface area contributed by atoms with Gasteiger partial charge in [-0.3, -0.25) is 9.59 Å². The smallest absolute Gasteiger partial charge is 0.313 e. The number of amides is 1. The summed E-state index contributed by atoms with van der Waals surface area (Å²) in [5.74, 6) is -1.24. The van der Waals surface area contributed by atoms with E-state index in [-0.39, 0.29) is 18.5 Å². The van der Waals surface area contributed by atoms with Gasteiger partial charge in [0, 0.05) is 12.0 Å². The lowest BCUT2D eigenvalue weighted by molar-refractivity contribution is -0.262. The summed E-state index contributed by atoms with van der Waals surface area (Å²) in [6.07, 6.45) is 2.58. The molecule has 2 saturated heterocycles. The topological polar surface area (TPSA) is 76.1 Å². The Morgan fingerprint density at radius 1 is 1.26 bits per heavy atom. The molecule has 0 unspecified atom stereocenters. The fourth-order valence-corrected chi connectivity index (χ4v) is 5.45. The molecule has 2 aliphatic heterocycles. The lowest BCUT2D eigenvalue weighted by atomic mass is 9.51. The fraction of sp³-hybridized carbons (Fsp3) is 0.619. The van der Waals surface area contributed by atoms with Gasteiger partial charge in [0.2, 0.25) is 0 Å². The number of fused-ring (bicyclic) bond motifs is 3. The SMILES string of the molecule is COC(=O)[C@H]1CN2C(=O)[C@H](OCc3ccccc3)[C@@H]2[C@@]2(C)CCCC[C@]12O. The Morgan fingerprint density at radius 3 is 2.67 bits per heavy atom. The van der Waals surface area contributed by atoms with Crippen LogP contribution < -0.4 is 0 Å². The summed E-state index contributed by atoms with van der Waals surface area (Å²) in [7, 11) is 1.33. The first-order valence-electron chi connectivity index (χ1n) is 9.68. The summed E-state index contributed by atoms with van der Waals surface area (Å²) >= 11 is 0. The van der Waals surface area contributed by atoms with Gasteiger partial charge in [-0.05, 0) is 18.4 Å². The Bertz CT molecular complexity index is 737. The number of carbonyl (C=O) groups is 2. The maximum absolute atomic E-state index is 12.8. The summed E-state index contributed by atoms with van der Waals surface area (Å²) in [5.41, 5.74) is -0.748. The first-order valence-corrected chi connectivity index (χ1v) is 9.68. The van der Waals surface area contributed by atoms with E-state index >= 15 is 0 Å². The van der Waals surface area contributed by atoms with Gasteiger partial charge in [0.25, 0.3) is 5.91 Å². The van der Waals surface area contributed by atoms with Gasteiger partial charge < -0.3 is 19.5 Å². The number of carbonyl (C=O) groups excluding carboxylic acids is 2. The van der Waals surface area contributed by atoms with Crippen LogP contribution >= 0.6 is 0 Å². The number of hydrogen-bond donors (Lipinski definition) is 1. The number of ether oxygens (including phenoxy) is 2. The van der Waals surface area contributed by atoms with Crippen LogP contribution in [0.1, 0.15) is 38.2 Å². The molecule has 1 aliphatic carbocycles. The highest BCUT2D eigenvalue weighted by Gasteiger charge is 2.71. The third kappa shape index (κ3) is 2.61. The molecular formula is C21H27NO5. The molecule has 1 aromatic rings. The molecule has 27 heavy (non-hydrogen) atoms. The van der Waals surface area contributed by atoms with Crippen LogP contribution in [0.3, 0.4) is 0 Å². The van der Waals surface area contributed by atoms with Crippen LogP contribution in [0.4, 0.5) is 0 Å². The van der Waals surface area contributed by atoms with Crippen molar-refractivity contribution in [2.75, 3.05) is 13.7 Å². The first-order chi connectivity index (χ1) is 12.9. The molecule has 0 radical (unpaired) electrons. The van der Waals surface area contributed by atoms with Gasteiger partial charge in [-0.25, -0.2) is 0 Å². The molecule has 1 saturated carbocycles. The van der Waals surface area contributed by atoms with Crippen LogP contribution in [0.25, 0.3) is 0 Å². The van der Waals surface area contributed by atoms with Crippen molar-refractivity contribution >= 4 is 11.9 Å². The molecule has 146 valence electrons. The van der Waals surface area contributed by atoms with Crippen molar-refractivity contribution in [1.82, 2.24) is 4.90 Å². The Labute approximate surface area is 159 Å². The van der Waals surface area contributed by atoms with E-state index in [1.165, 1.54) is 7.11 Å². The van der Waals surface area contributed by atoms with Gasteiger partial charge in [-0.1, -0.05) is 50.1 Å². The maximum atomic E-state index is 12.8. The molecule has 4 rings (SSSR count). The van der Waals surface area contributed by atoms with Crippen LogP contribution in [0.15, 0.2) is 30.3 Å². The molecule has 1 amide bonds. The number of rotatable bonds is 4. The molecule has 0 aromatic heterocycles. The summed E-state index contributed by atoms with van der Waals surface area (Å²) in [6, 6.07) is 9.55. The minimum absolute atomic E-state index is 0.0984. The zero-order valence-corrected chi connectivity index (χ0v) is 15.9. The largest absolute Gasteiger partial charge is 0.469 e. The van der Waals surface area contributed by atoms with E-state index in [1.807, 2.05) is 37.3 Å². The fourth-order valence-electron chi connectivity index (χ4n) is 5.45. The predicted molar refractivity (Wildman–Crippen MR) is 97.6 cm³/mol. The van der Waals surface area contributed by atoms with Crippen molar-refractivity contribution in [2.24, 2.45) is 11.3 Å². The quantitative estimate of drug-likeness (QED) is 0.644. The van der Waals surface area contributed by atoms with E-state index in [0.717, 1.165) is 24.8 Å². The highest BCUT2D eigenvalue weighted by molar-refractivity contribution is 5.90. The molecule has 1 N–H and O–H groups in total. The lowest BCUT2D eigenvalue weighted by Gasteiger charge is -2.66. The molecule has 2 heterocycles. The summed E-state index contributed by atoms with van der Waals surface area (Å²) in [4.78, 5) is 26.9. The van der Waals surface area contributed by atoms with Crippen LogP contribution in [0.5, 0.6) is 0 Å². The molecule has 5 atom stereocenters. The average Bonchev–Trinajstić information content (AvgIpc) is 2.68. The zero-order chi connectivity index (χ0) is 19.2. The number of nitrogens with zero attached hydrogens (tertiary/aromatic N) is 1. The van der Waals surface area contributed by atoms with E-state index in [9.17, 15) is 14.7 Å². The lowest BCUT2D eigenvalue weighted by Crippen LogP contribution is -2.82. The van der Waals surface area contributed by atoms with Crippen molar-refractivity contribution in [3.05, 3.63) is 35.9 Å². The molecule has 1 aromatic carbocycles. The highest BCUT2D eigenvalue weighted by atomic mass is 16.5. The molecule has 0 bridgehead atoms. The standard InChI is InChI=1S/C21H27NO5/c1-20-10-6-7-11-21(20,25)15(19(24)26-2)12-22-17(20)16(18(22)23)27-13-14-8-4-3-5-9-14/h3-5,8-9,15-17,25H,6-7,10-13H2,1-2H3/t15-,16-,17-,20-,21+/m1/s1. The number of β-lactam (4-membered cyclic amide) rings is 1. The number of benzene rings is 1. The van der Waals surface area contributed by atoms with Crippen molar-refractivity contribution in [1.29, 1.82) is 0 Å². The van der Waals surface area contributed by atoms with Gasteiger partial charge in [-0.2, -0.15) is 0 Å². The van der Waals surface area contributed by atoms with Crippen LogP contribution in [-0.4, -0.2) is 53.3 Å². The molecular weight excluding hydrogens is 346 g/mol. The first kappa shape index (κ1) is 18.4. The predicted octanol–water partition coefficient (Wildman–Crippen LogP) is 1.90. The third-order valence-corrected chi connectivity index (χ3v) is 7.01. The van der Waals surface area contributed by atoms with Gasteiger partial charge in [0.1, 0.15) is 5.92 Å². The average molecular weight is 373 g/mol. The van der Waals surface area contributed by atoms with E-state index in [0.29, 0.717) is 13.0 Å². The second kappa shape index (κ2) is 6.60. The monoisotopic (exact) mass is 373 g/mol. The molecule has 0 spiro atoms. The van der Waals surface area contributed by atoms with Crippen molar-refractivity contribution < 1.29 is 24.2 Å². The van der Waals surface area contributed by atoms with E-state index in [2.05, 4.69) is 0 Å². The number of hydrogen-bond acceptors (Lipinski definition) is 5. The second-order valence-electron chi connectivity index (χ2n) is 8.28. The van der Waals surface area contributed by atoms with Gasteiger partial charge in [0.05, 0.1) is 25.4 Å². The normalized spacial score (nSPS) is 37.8. The minimum atomic E-state index is -1.17. The second-order valence-corrected chi connectivity index (χ2v) is 8.28. The number of piperidine rings is 1. The van der Waals surface area contributed by atoms with Crippen molar-refractivity contribution in [3.8, 4) is 0 Å². The number of methoxy groups -OCH3 is 1. The van der Waals surface area contributed by atoms with Gasteiger partial charge >= 0.3 is 5.97 Å².